The van der Waals surface area contributed by atoms with Crippen LogP contribution in [0.15, 0.2) is 24.3 Å². The lowest BCUT2D eigenvalue weighted by atomic mass is 9.54. The summed E-state index contributed by atoms with van der Waals surface area (Å²) in [6, 6.07) is 11.0. The highest BCUT2D eigenvalue weighted by atomic mass is 16.3. The minimum atomic E-state index is -0.832. The van der Waals surface area contributed by atoms with Crippen molar-refractivity contribution < 1.29 is 5.11 Å². The Morgan fingerprint density at radius 2 is 1.90 bits per heavy atom. The first kappa shape index (κ1) is 14.6. The van der Waals surface area contributed by atoms with E-state index in [2.05, 4.69) is 38.1 Å². The fourth-order valence-corrected chi connectivity index (χ4v) is 4.64. The molecule has 2 aliphatic carbocycles. The second-order valence-corrected chi connectivity index (χ2v) is 7.34. The summed E-state index contributed by atoms with van der Waals surface area (Å²) in [5.41, 5.74) is 1.16. The van der Waals surface area contributed by atoms with E-state index >= 15 is 0 Å². The van der Waals surface area contributed by atoms with Gasteiger partial charge in [0.1, 0.15) is 0 Å². The fourth-order valence-electron chi connectivity index (χ4n) is 4.64. The van der Waals surface area contributed by atoms with Gasteiger partial charge in [0, 0.05) is 0 Å². The number of fused-ring (bicyclic) bond motifs is 1. The van der Waals surface area contributed by atoms with Gasteiger partial charge in [-0.3, -0.25) is 0 Å². The van der Waals surface area contributed by atoms with Gasteiger partial charge < -0.3 is 5.11 Å². The molecular weight excluding hydrogens is 258 g/mol. The van der Waals surface area contributed by atoms with E-state index in [1.807, 2.05) is 6.07 Å². The van der Waals surface area contributed by atoms with E-state index in [1.165, 1.54) is 11.1 Å². The molecule has 0 aromatic heterocycles. The molecule has 1 aromatic carbocycles. The van der Waals surface area contributed by atoms with Crippen molar-refractivity contribution in [3.05, 3.63) is 35.4 Å². The second kappa shape index (κ2) is 5.14. The van der Waals surface area contributed by atoms with Crippen LogP contribution in [0, 0.1) is 28.6 Å². The lowest BCUT2D eigenvalue weighted by Crippen LogP contribution is -2.56. The monoisotopic (exact) mass is 283 g/mol. The molecule has 0 heterocycles. The third-order valence-corrected chi connectivity index (χ3v) is 6.06. The van der Waals surface area contributed by atoms with E-state index in [4.69, 9.17) is 0 Å². The van der Waals surface area contributed by atoms with Crippen LogP contribution in [0.3, 0.4) is 0 Å². The molecule has 0 aliphatic heterocycles. The smallest absolute Gasteiger partial charge is 0.0906 e. The largest absolute Gasteiger partial charge is 0.388 e. The Labute approximate surface area is 127 Å². The number of rotatable bonds is 1. The molecule has 1 aromatic rings. The van der Waals surface area contributed by atoms with Crippen molar-refractivity contribution in [3.63, 3.8) is 0 Å². The molecule has 3 rings (SSSR count). The molecule has 2 aliphatic rings. The lowest BCUT2D eigenvalue weighted by Gasteiger charge is -2.52. The number of aliphatic hydroxyl groups is 1. The summed E-state index contributed by atoms with van der Waals surface area (Å²) in [5.74, 6) is 0.859. The van der Waals surface area contributed by atoms with Crippen molar-refractivity contribution in [2.75, 3.05) is 0 Å². The van der Waals surface area contributed by atoms with Gasteiger partial charge in [-0.15, -0.1) is 0 Å². The van der Waals surface area contributed by atoms with Crippen molar-refractivity contribution in [2.45, 2.75) is 58.0 Å². The maximum atomic E-state index is 11.4. The highest BCUT2D eigenvalue weighted by Gasteiger charge is 2.56. The predicted molar refractivity (Wildman–Crippen MR) is 83.6 cm³/mol. The number of aryl methyl sites for hydroxylation is 1. The Kier molecular flexibility index (Phi) is 3.58. The number of nitriles is 1. The number of hydrogen-bond donors (Lipinski definition) is 1. The average Bonchev–Trinajstić information content (AvgIpc) is 2.50. The van der Waals surface area contributed by atoms with Gasteiger partial charge in [-0.1, -0.05) is 38.1 Å². The molecule has 1 N–H and O–H groups in total. The fraction of sp³-hybridized carbons (Fsp3) is 0.632. The molecule has 0 saturated heterocycles. The summed E-state index contributed by atoms with van der Waals surface area (Å²) >= 11 is 0. The molecule has 2 nitrogen and oxygen atoms in total. The van der Waals surface area contributed by atoms with Crippen molar-refractivity contribution in [1.82, 2.24) is 0 Å². The molecule has 1 saturated carbocycles. The van der Waals surface area contributed by atoms with E-state index in [9.17, 15) is 10.4 Å². The SMILES string of the molecule is CC1CCC(O)(C2(C#N)CCc3ccccc3C2)C(C)C1. The van der Waals surface area contributed by atoms with Crippen LogP contribution in [-0.2, 0) is 12.8 Å². The number of hydrogen-bond acceptors (Lipinski definition) is 2. The summed E-state index contributed by atoms with van der Waals surface area (Å²) in [6.45, 7) is 4.39. The van der Waals surface area contributed by atoms with Crippen molar-refractivity contribution in [1.29, 1.82) is 5.26 Å². The summed E-state index contributed by atoms with van der Waals surface area (Å²) in [7, 11) is 0. The minimum Gasteiger partial charge on any atom is -0.388 e. The van der Waals surface area contributed by atoms with Crippen LogP contribution in [0.5, 0.6) is 0 Å². The molecule has 21 heavy (non-hydrogen) atoms. The summed E-state index contributed by atoms with van der Waals surface area (Å²) < 4.78 is 0. The van der Waals surface area contributed by atoms with Crippen LogP contribution < -0.4 is 0 Å². The molecule has 2 heteroatoms. The first-order chi connectivity index (χ1) is 10.0. The van der Waals surface area contributed by atoms with Crippen LogP contribution in [0.25, 0.3) is 0 Å². The first-order valence-electron chi connectivity index (χ1n) is 8.21. The quantitative estimate of drug-likeness (QED) is 0.850. The van der Waals surface area contributed by atoms with Gasteiger partial charge in [-0.05, 0) is 61.5 Å². The van der Waals surface area contributed by atoms with Crippen LogP contribution in [-0.4, -0.2) is 10.7 Å². The third-order valence-electron chi connectivity index (χ3n) is 6.06. The molecule has 0 spiro atoms. The average molecular weight is 283 g/mol. The Morgan fingerprint density at radius 1 is 1.19 bits per heavy atom. The number of benzene rings is 1. The zero-order chi connectivity index (χ0) is 15.1. The second-order valence-electron chi connectivity index (χ2n) is 7.34. The van der Waals surface area contributed by atoms with Crippen molar-refractivity contribution in [3.8, 4) is 6.07 Å². The number of nitrogens with zero attached hydrogens (tertiary/aromatic N) is 1. The summed E-state index contributed by atoms with van der Waals surface area (Å²) in [5, 5.41) is 21.4. The van der Waals surface area contributed by atoms with Gasteiger partial charge in [0.2, 0.25) is 0 Å². The first-order valence-corrected chi connectivity index (χ1v) is 8.21. The van der Waals surface area contributed by atoms with Gasteiger partial charge >= 0.3 is 0 Å². The van der Waals surface area contributed by atoms with Gasteiger partial charge in [-0.25, -0.2) is 0 Å². The minimum absolute atomic E-state index is 0.200. The van der Waals surface area contributed by atoms with Crippen LogP contribution in [0.2, 0.25) is 0 Å². The van der Waals surface area contributed by atoms with Gasteiger partial charge in [0.15, 0.2) is 0 Å². The molecule has 4 atom stereocenters. The predicted octanol–water partition coefficient (Wildman–Crippen LogP) is 3.87. The van der Waals surface area contributed by atoms with E-state index < -0.39 is 11.0 Å². The Hall–Kier alpha value is -1.33. The van der Waals surface area contributed by atoms with Gasteiger partial charge in [0.25, 0.3) is 0 Å². The maximum absolute atomic E-state index is 11.4. The van der Waals surface area contributed by atoms with Crippen molar-refractivity contribution >= 4 is 0 Å². The molecule has 112 valence electrons. The maximum Gasteiger partial charge on any atom is 0.0906 e. The molecule has 0 amide bonds. The van der Waals surface area contributed by atoms with E-state index in [0.717, 1.165) is 32.1 Å². The topological polar surface area (TPSA) is 44.0 Å². The molecule has 0 radical (unpaired) electrons. The normalized spacial score (nSPS) is 39.3. The zero-order valence-corrected chi connectivity index (χ0v) is 13.1. The molecule has 1 fully saturated rings. The summed E-state index contributed by atoms with van der Waals surface area (Å²) in [4.78, 5) is 0. The van der Waals surface area contributed by atoms with Gasteiger partial charge in [-0.2, -0.15) is 5.26 Å². The summed E-state index contributed by atoms with van der Waals surface area (Å²) in [6.07, 6.45) is 5.23. The standard InChI is InChI=1S/C19H25NO/c1-14-7-10-19(21,15(2)11-14)18(13-20)9-8-16-5-3-4-6-17(16)12-18/h3-6,14-15,21H,7-12H2,1-2H3. The zero-order valence-electron chi connectivity index (χ0n) is 13.1. The van der Waals surface area contributed by atoms with E-state index in [-0.39, 0.29) is 5.92 Å². The van der Waals surface area contributed by atoms with Gasteiger partial charge in [0.05, 0.1) is 17.1 Å². The Bertz CT molecular complexity index is 575. The lowest BCUT2D eigenvalue weighted by molar-refractivity contribution is -0.132. The van der Waals surface area contributed by atoms with Crippen LogP contribution >= 0.6 is 0 Å². The highest BCUT2D eigenvalue weighted by Crippen LogP contribution is 2.52. The molecule has 0 bridgehead atoms. The van der Waals surface area contributed by atoms with Crippen molar-refractivity contribution in [2.24, 2.45) is 17.3 Å². The molecule has 4 unspecified atom stereocenters. The van der Waals surface area contributed by atoms with E-state index in [0.29, 0.717) is 12.3 Å². The Morgan fingerprint density at radius 3 is 2.57 bits per heavy atom. The van der Waals surface area contributed by atoms with Crippen LogP contribution in [0.1, 0.15) is 50.7 Å². The third kappa shape index (κ3) is 2.19. The Balaban J connectivity index is 1.97. The highest BCUT2D eigenvalue weighted by molar-refractivity contribution is 5.35. The van der Waals surface area contributed by atoms with Crippen LogP contribution in [0.4, 0.5) is 0 Å². The van der Waals surface area contributed by atoms with E-state index in [1.54, 1.807) is 0 Å². The molecular formula is C19H25NO.